The van der Waals surface area contributed by atoms with Crippen molar-refractivity contribution in [3.8, 4) is 0 Å². The second-order valence-corrected chi connectivity index (χ2v) is 7.21. The highest BCUT2D eigenvalue weighted by Gasteiger charge is 2.30. The monoisotopic (exact) mass is 449 g/mol. The molecule has 0 bridgehead atoms. The van der Waals surface area contributed by atoms with Crippen LogP contribution in [-0.4, -0.2) is 67.4 Å². The number of rotatable bonds is 6. The Balaban J connectivity index is 0.00000320. The Kier molecular flexibility index (Phi) is 9.38. The molecule has 1 aromatic rings. The summed E-state index contributed by atoms with van der Waals surface area (Å²) in [6, 6.07) is 5.03. The lowest BCUT2D eigenvalue weighted by atomic mass is 10.1. The third-order valence-electron chi connectivity index (χ3n) is 5.12. The molecule has 0 N–H and O–H groups in total. The van der Waals surface area contributed by atoms with E-state index in [0.29, 0.717) is 37.9 Å². The maximum absolute atomic E-state index is 12.7. The summed E-state index contributed by atoms with van der Waals surface area (Å²) in [6.45, 7) is 5.09. The van der Waals surface area contributed by atoms with Crippen LogP contribution in [0.15, 0.2) is 29.4 Å². The number of alkyl halides is 3. The van der Waals surface area contributed by atoms with Crippen molar-refractivity contribution in [2.75, 3.05) is 45.9 Å². The van der Waals surface area contributed by atoms with Gasteiger partial charge < -0.3 is 14.5 Å². The predicted molar refractivity (Wildman–Crippen MR) is 109 cm³/mol. The van der Waals surface area contributed by atoms with Crippen molar-refractivity contribution in [1.82, 2.24) is 9.80 Å². The molecule has 2 saturated heterocycles. The topological polar surface area (TPSA) is 54.4 Å². The van der Waals surface area contributed by atoms with Crippen molar-refractivity contribution >= 4 is 24.0 Å². The molecule has 2 aliphatic heterocycles. The average molecular weight is 450 g/mol. The summed E-state index contributed by atoms with van der Waals surface area (Å²) in [6.07, 6.45) is -2.64. The van der Waals surface area contributed by atoms with E-state index in [1.807, 2.05) is 4.90 Å². The Bertz CT molecular complexity index is 715. The number of hydrogen-bond donors (Lipinski definition) is 0. The summed E-state index contributed by atoms with van der Waals surface area (Å²) in [5, 5.41) is 4.06. The van der Waals surface area contributed by atoms with Crippen molar-refractivity contribution in [3.05, 3.63) is 35.4 Å². The third kappa shape index (κ3) is 7.45. The van der Waals surface area contributed by atoms with Gasteiger partial charge in [0.1, 0.15) is 6.61 Å². The normalized spacial score (nSPS) is 18.0. The number of hydrogen-bond acceptors (Lipinski definition) is 5. The zero-order valence-corrected chi connectivity index (χ0v) is 17.5. The van der Waals surface area contributed by atoms with Gasteiger partial charge in [-0.3, -0.25) is 9.69 Å². The average Bonchev–Trinajstić information content (AvgIpc) is 2.73. The molecule has 2 aliphatic rings. The van der Waals surface area contributed by atoms with Crippen LogP contribution in [0.2, 0.25) is 0 Å². The zero-order valence-electron chi connectivity index (χ0n) is 16.7. The smallest absolute Gasteiger partial charge is 0.391 e. The van der Waals surface area contributed by atoms with Gasteiger partial charge in [-0.05, 0) is 17.7 Å². The van der Waals surface area contributed by atoms with E-state index in [-0.39, 0.29) is 24.9 Å². The number of morpholine rings is 1. The van der Waals surface area contributed by atoms with Crippen LogP contribution in [0.25, 0.3) is 0 Å². The first-order valence-electron chi connectivity index (χ1n) is 9.83. The first kappa shape index (κ1) is 24.4. The summed E-state index contributed by atoms with van der Waals surface area (Å²) in [4.78, 5) is 21.7. The summed E-state index contributed by atoms with van der Waals surface area (Å²) >= 11 is 0. The fourth-order valence-corrected chi connectivity index (χ4v) is 3.38. The highest BCUT2D eigenvalue weighted by molar-refractivity contribution is 5.87. The number of oxime groups is 1. The minimum Gasteiger partial charge on any atom is -0.391 e. The lowest BCUT2D eigenvalue weighted by Crippen LogP contribution is -2.42. The summed E-state index contributed by atoms with van der Waals surface area (Å²) in [5.41, 5.74) is 0.546. The van der Waals surface area contributed by atoms with Crippen LogP contribution in [0.4, 0.5) is 13.2 Å². The van der Waals surface area contributed by atoms with Crippen molar-refractivity contribution < 1.29 is 27.5 Å². The van der Waals surface area contributed by atoms with Gasteiger partial charge in [0.05, 0.1) is 24.5 Å². The van der Waals surface area contributed by atoms with E-state index in [1.54, 1.807) is 6.07 Å². The minimum atomic E-state index is -4.37. The van der Waals surface area contributed by atoms with E-state index < -0.39 is 11.7 Å². The molecule has 168 valence electrons. The van der Waals surface area contributed by atoms with Crippen molar-refractivity contribution in [1.29, 1.82) is 0 Å². The van der Waals surface area contributed by atoms with E-state index in [0.717, 1.165) is 50.7 Å². The highest BCUT2D eigenvalue weighted by Crippen LogP contribution is 2.29. The van der Waals surface area contributed by atoms with Crippen LogP contribution < -0.4 is 0 Å². The Labute approximate surface area is 180 Å². The molecule has 0 atom stereocenters. The molecular weight excluding hydrogens is 423 g/mol. The van der Waals surface area contributed by atoms with Crippen LogP contribution in [-0.2, 0) is 27.2 Å². The number of likely N-dealkylation sites (tertiary alicyclic amines) is 1. The molecule has 1 aromatic carbocycles. The number of carbonyl (C=O) groups excluding carboxylic acids is 1. The number of nitrogens with zero attached hydrogens (tertiary/aromatic N) is 3. The Morgan fingerprint density at radius 2 is 1.83 bits per heavy atom. The van der Waals surface area contributed by atoms with Crippen LogP contribution in [0.3, 0.4) is 0 Å². The molecule has 0 aliphatic carbocycles. The molecule has 0 spiro atoms. The standard InChI is InChI=1S/C20H26F3N3O3.ClH/c21-20(22,23)17-3-1-2-16(14-17)15-29-24-18-4-8-26(9-5-18)19(27)6-7-25-10-12-28-13-11-25;/h1-3,14H,4-13,15H2;1H. The van der Waals surface area contributed by atoms with Gasteiger partial charge in [0.2, 0.25) is 5.91 Å². The first-order chi connectivity index (χ1) is 13.9. The van der Waals surface area contributed by atoms with Gasteiger partial charge in [-0.15, -0.1) is 12.4 Å². The molecule has 0 unspecified atom stereocenters. The number of ether oxygens (including phenoxy) is 1. The van der Waals surface area contributed by atoms with Gasteiger partial charge in [-0.25, -0.2) is 0 Å². The minimum absolute atomic E-state index is 0. The number of halogens is 4. The largest absolute Gasteiger partial charge is 0.416 e. The zero-order chi connectivity index (χ0) is 20.7. The predicted octanol–water partition coefficient (Wildman–Crippen LogP) is 3.34. The maximum atomic E-state index is 12.7. The molecule has 2 heterocycles. The van der Waals surface area contributed by atoms with Gasteiger partial charge >= 0.3 is 6.18 Å². The van der Waals surface area contributed by atoms with Crippen LogP contribution in [0.5, 0.6) is 0 Å². The molecule has 3 rings (SSSR count). The fraction of sp³-hybridized carbons (Fsp3) is 0.600. The molecule has 0 radical (unpaired) electrons. The Hall–Kier alpha value is -1.84. The Morgan fingerprint density at radius 1 is 1.13 bits per heavy atom. The molecule has 6 nitrogen and oxygen atoms in total. The fourth-order valence-electron chi connectivity index (χ4n) is 3.38. The van der Waals surface area contributed by atoms with Crippen LogP contribution >= 0.6 is 12.4 Å². The summed E-state index contributed by atoms with van der Waals surface area (Å²) in [5.74, 6) is 0.139. The van der Waals surface area contributed by atoms with Gasteiger partial charge in [-0.1, -0.05) is 17.3 Å². The van der Waals surface area contributed by atoms with Crippen LogP contribution in [0, 0.1) is 0 Å². The van der Waals surface area contributed by atoms with Gasteiger partial charge in [0, 0.05) is 52.0 Å². The SMILES string of the molecule is Cl.O=C(CCN1CCOCC1)N1CCC(=NOCc2cccc(C(F)(F)F)c2)CC1. The second kappa shape index (κ2) is 11.5. The highest BCUT2D eigenvalue weighted by atomic mass is 35.5. The summed E-state index contributed by atoms with van der Waals surface area (Å²) < 4.78 is 43.5. The molecular formula is C20H27ClF3N3O3. The molecule has 10 heteroatoms. The van der Waals surface area contributed by atoms with E-state index >= 15 is 0 Å². The van der Waals surface area contributed by atoms with Gasteiger partial charge in [0.25, 0.3) is 0 Å². The van der Waals surface area contributed by atoms with Gasteiger partial charge in [-0.2, -0.15) is 13.2 Å². The molecule has 30 heavy (non-hydrogen) atoms. The van der Waals surface area contributed by atoms with E-state index in [2.05, 4.69) is 10.1 Å². The number of carbonyl (C=O) groups is 1. The number of piperidine rings is 1. The first-order valence-corrected chi connectivity index (χ1v) is 9.83. The summed E-state index contributed by atoms with van der Waals surface area (Å²) in [7, 11) is 0. The maximum Gasteiger partial charge on any atom is 0.416 e. The van der Waals surface area contributed by atoms with E-state index in [4.69, 9.17) is 9.57 Å². The van der Waals surface area contributed by atoms with Crippen LogP contribution in [0.1, 0.15) is 30.4 Å². The van der Waals surface area contributed by atoms with Crippen molar-refractivity contribution in [3.63, 3.8) is 0 Å². The second-order valence-electron chi connectivity index (χ2n) is 7.21. The third-order valence-corrected chi connectivity index (χ3v) is 5.12. The number of amides is 1. The van der Waals surface area contributed by atoms with Gasteiger partial charge in [0.15, 0.2) is 0 Å². The van der Waals surface area contributed by atoms with Crippen molar-refractivity contribution in [2.24, 2.45) is 5.16 Å². The number of benzene rings is 1. The molecule has 0 saturated carbocycles. The molecule has 2 fully saturated rings. The van der Waals surface area contributed by atoms with Crippen molar-refractivity contribution in [2.45, 2.75) is 32.0 Å². The van der Waals surface area contributed by atoms with E-state index in [9.17, 15) is 18.0 Å². The molecule has 1 amide bonds. The Morgan fingerprint density at radius 3 is 2.50 bits per heavy atom. The van der Waals surface area contributed by atoms with E-state index in [1.165, 1.54) is 6.07 Å². The molecule has 0 aromatic heterocycles. The quantitative estimate of drug-likeness (QED) is 0.625. The lowest BCUT2D eigenvalue weighted by Gasteiger charge is -2.30. The lowest BCUT2D eigenvalue weighted by molar-refractivity contribution is -0.137.